The molecule has 2 aromatic carbocycles. The number of carboxylic acids is 1. The first-order valence-corrected chi connectivity index (χ1v) is 6.79. The van der Waals surface area contributed by atoms with Crippen LogP contribution in [0.4, 0.5) is 4.39 Å². The summed E-state index contributed by atoms with van der Waals surface area (Å²) in [5.74, 6) is -1.15. The highest BCUT2D eigenvalue weighted by Gasteiger charge is 2.01. The Morgan fingerprint density at radius 3 is 2.48 bits per heavy atom. The van der Waals surface area contributed by atoms with Gasteiger partial charge in [-0.3, -0.25) is 0 Å². The highest BCUT2D eigenvalue weighted by molar-refractivity contribution is 5.80. The van der Waals surface area contributed by atoms with E-state index in [0.717, 1.165) is 28.7 Å². The lowest BCUT2D eigenvalue weighted by atomic mass is 10.0. The van der Waals surface area contributed by atoms with E-state index in [9.17, 15) is 9.18 Å². The highest BCUT2D eigenvalue weighted by atomic mass is 19.1. The van der Waals surface area contributed by atoms with Crippen molar-refractivity contribution in [3.05, 3.63) is 71.6 Å². The zero-order valence-electron chi connectivity index (χ0n) is 11.8. The molecular weight excluding hydrogens is 267 g/mol. The fourth-order valence-corrected chi connectivity index (χ4v) is 2.16. The molecule has 21 heavy (non-hydrogen) atoms. The summed E-state index contributed by atoms with van der Waals surface area (Å²) in [6.45, 7) is 1.81. The molecule has 0 fully saturated rings. The minimum absolute atomic E-state index is 0.244. The Bertz CT molecular complexity index is 657. The molecule has 0 aliphatic heterocycles. The molecule has 108 valence electrons. The molecule has 0 spiro atoms. The zero-order valence-corrected chi connectivity index (χ0v) is 11.8. The lowest BCUT2D eigenvalue weighted by Gasteiger charge is -2.05. The van der Waals surface area contributed by atoms with Crippen LogP contribution >= 0.6 is 0 Å². The maximum Gasteiger partial charge on any atom is 0.328 e. The van der Waals surface area contributed by atoms with Crippen molar-refractivity contribution in [1.82, 2.24) is 0 Å². The molecule has 0 radical (unpaired) electrons. The van der Waals surface area contributed by atoms with E-state index in [-0.39, 0.29) is 5.82 Å². The zero-order chi connectivity index (χ0) is 15.2. The van der Waals surface area contributed by atoms with Gasteiger partial charge >= 0.3 is 5.97 Å². The number of hydrogen-bond acceptors (Lipinski definition) is 1. The number of aliphatic carboxylic acids is 1. The number of halogens is 1. The van der Waals surface area contributed by atoms with E-state index < -0.39 is 5.97 Å². The molecule has 2 nitrogen and oxygen atoms in total. The Kier molecular flexibility index (Phi) is 4.88. The number of rotatable bonds is 5. The summed E-state index contributed by atoms with van der Waals surface area (Å²) < 4.78 is 13.2. The van der Waals surface area contributed by atoms with Crippen LogP contribution in [0, 0.1) is 5.82 Å². The van der Waals surface area contributed by atoms with E-state index in [2.05, 4.69) is 0 Å². The number of hydrogen-bond donors (Lipinski definition) is 1. The third-order valence-corrected chi connectivity index (χ3v) is 3.29. The van der Waals surface area contributed by atoms with E-state index in [1.54, 1.807) is 6.07 Å². The maximum atomic E-state index is 13.2. The van der Waals surface area contributed by atoms with Gasteiger partial charge in [0.05, 0.1) is 0 Å². The van der Waals surface area contributed by atoms with Crippen LogP contribution in [0.1, 0.15) is 18.9 Å². The number of aryl methyl sites for hydroxylation is 1. The van der Waals surface area contributed by atoms with Crippen LogP contribution in [0.5, 0.6) is 0 Å². The molecule has 0 aromatic heterocycles. The molecule has 0 unspecified atom stereocenters. The molecule has 0 saturated carbocycles. The van der Waals surface area contributed by atoms with E-state index in [4.69, 9.17) is 5.11 Å². The molecule has 2 aromatic rings. The molecule has 3 heteroatoms. The standard InChI is InChI=1S/C18H17FO2/c1-13(11-18(20)21)5-6-14-7-9-15(10-8-14)16-3-2-4-17(19)12-16/h2-4,7-12H,5-6H2,1H3,(H,20,21)/b13-11+. The first-order chi connectivity index (χ1) is 10.0. The predicted octanol–water partition coefficient (Wildman–Crippen LogP) is 4.46. The van der Waals surface area contributed by atoms with E-state index in [1.165, 1.54) is 18.2 Å². The van der Waals surface area contributed by atoms with Crippen molar-refractivity contribution in [2.45, 2.75) is 19.8 Å². The van der Waals surface area contributed by atoms with Crippen molar-refractivity contribution in [2.75, 3.05) is 0 Å². The van der Waals surface area contributed by atoms with Gasteiger partial charge in [-0.25, -0.2) is 9.18 Å². The van der Waals surface area contributed by atoms with Gasteiger partial charge < -0.3 is 5.11 Å². The number of allylic oxidation sites excluding steroid dienone is 1. The molecule has 0 heterocycles. The summed E-state index contributed by atoms with van der Waals surface area (Å²) in [7, 11) is 0. The highest BCUT2D eigenvalue weighted by Crippen LogP contribution is 2.21. The van der Waals surface area contributed by atoms with Gasteiger partial charge in [-0.05, 0) is 48.6 Å². The SMILES string of the molecule is C/C(=C\C(=O)O)CCc1ccc(-c2cccc(F)c2)cc1. The van der Waals surface area contributed by atoms with Crippen molar-refractivity contribution >= 4 is 5.97 Å². The minimum Gasteiger partial charge on any atom is -0.478 e. The third kappa shape index (κ3) is 4.56. The largest absolute Gasteiger partial charge is 0.478 e. The lowest BCUT2D eigenvalue weighted by molar-refractivity contribution is -0.131. The Hall–Kier alpha value is -2.42. The van der Waals surface area contributed by atoms with Crippen LogP contribution in [-0.4, -0.2) is 11.1 Å². The molecular formula is C18H17FO2. The maximum absolute atomic E-state index is 13.2. The second-order valence-corrected chi connectivity index (χ2v) is 5.04. The Morgan fingerprint density at radius 1 is 1.14 bits per heavy atom. The topological polar surface area (TPSA) is 37.3 Å². The van der Waals surface area contributed by atoms with Gasteiger partial charge in [-0.1, -0.05) is 42.0 Å². The molecule has 0 aliphatic carbocycles. The summed E-state index contributed by atoms with van der Waals surface area (Å²) in [6.07, 6.45) is 2.74. The summed E-state index contributed by atoms with van der Waals surface area (Å²) in [5.41, 5.74) is 3.80. The first kappa shape index (κ1) is 15.0. The molecule has 1 N–H and O–H groups in total. The van der Waals surface area contributed by atoms with Crippen LogP contribution in [0.25, 0.3) is 11.1 Å². The second kappa shape index (κ2) is 6.84. The van der Waals surface area contributed by atoms with Gasteiger partial charge in [-0.2, -0.15) is 0 Å². The van der Waals surface area contributed by atoms with Crippen LogP contribution in [-0.2, 0) is 11.2 Å². The van der Waals surface area contributed by atoms with E-state index >= 15 is 0 Å². The van der Waals surface area contributed by atoms with Crippen LogP contribution in [0.15, 0.2) is 60.2 Å². The van der Waals surface area contributed by atoms with Gasteiger partial charge in [0.25, 0.3) is 0 Å². The molecule has 0 bridgehead atoms. The fourth-order valence-electron chi connectivity index (χ4n) is 2.16. The Morgan fingerprint density at radius 2 is 1.86 bits per heavy atom. The van der Waals surface area contributed by atoms with Gasteiger partial charge in [0.15, 0.2) is 0 Å². The summed E-state index contributed by atoms with van der Waals surface area (Å²) in [4.78, 5) is 10.5. The monoisotopic (exact) mass is 284 g/mol. The smallest absolute Gasteiger partial charge is 0.328 e. The van der Waals surface area contributed by atoms with Gasteiger partial charge in [0, 0.05) is 6.08 Å². The third-order valence-electron chi connectivity index (χ3n) is 3.29. The number of carboxylic acid groups (broad SMARTS) is 1. The molecule has 0 aliphatic rings. The van der Waals surface area contributed by atoms with Crippen molar-refractivity contribution < 1.29 is 14.3 Å². The van der Waals surface area contributed by atoms with Gasteiger partial charge in [-0.15, -0.1) is 0 Å². The van der Waals surface area contributed by atoms with Crippen LogP contribution in [0.3, 0.4) is 0 Å². The van der Waals surface area contributed by atoms with Crippen LogP contribution < -0.4 is 0 Å². The quantitative estimate of drug-likeness (QED) is 0.823. The Labute approximate surface area is 123 Å². The van der Waals surface area contributed by atoms with Gasteiger partial charge in [0.2, 0.25) is 0 Å². The second-order valence-electron chi connectivity index (χ2n) is 5.04. The first-order valence-electron chi connectivity index (χ1n) is 6.79. The number of benzene rings is 2. The predicted molar refractivity (Wildman–Crippen MR) is 81.5 cm³/mol. The van der Waals surface area contributed by atoms with Crippen molar-refractivity contribution in [2.24, 2.45) is 0 Å². The summed E-state index contributed by atoms with van der Waals surface area (Å²) >= 11 is 0. The average molecular weight is 284 g/mol. The summed E-state index contributed by atoms with van der Waals surface area (Å²) in [6, 6.07) is 14.4. The summed E-state index contributed by atoms with van der Waals surface area (Å²) in [5, 5.41) is 8.66. The fraction of sp³-hybridized carbons (Fsp3) is 0.167. The van der Waals surface area contributed by atoms with Crippen molar-refractivity contribution in [1.29, 1.82) is 0 Å². The normalized spacial score (nSPS) is 11.4. The Balaban J connectivity index is 2.04. The lowest BCUT2D eigenvalue weighted by Crippen LogP contribution is -1.92. The van der Waals surface area contributed by atoms with Gasteiger partial charge in [0.1, 0.15) is 5.82 Å². The van der Waals surface area contributed by atoms with Crippen molar-refractivity contribution in [3.8, 4) is 11.1 Å². The minimum atomic E-state index is -0.908. The van der Waals surface area contributed by atoms with E-state index in [0.29, 0.717) is 6.42 Å². The molecule has 0 atom stereocenters. The molecule has 0 saturated heterocycles. The molecule has 0 amide bonds. The molecule has 2 rings (SSSR count). The van der Waals surface area contributed by atoms with Crippen LogP contribution in [0.2, 0.25) is 0 Å². The average Bonchev–Trinajstić information content (AvgIpc) is 2.45. The van der Waals surface area contributed by atoms with Crippen molar-refractivity contribution in [3.63, 3.8) is 0 Å². The number of carbonyl (C=O) groups is 1. The van der Waals surface area contributed by atoms with E-state index in [1.807, 2.05) is 37.3 Å².